The van der Waals surface area contributed by atoms with Gasteiger partial charge in [0.25, 0.3) is 0 Å². The van der Waals surface area contributed by atoms with Gasteiger partial charge in [0.15, 0.2) is 0 Å². The fraction of sp³-hybridized carbons (Fsp3) is 0.429. The second-order valence-electron chi connectivity index (χ2n) is 7.87. The molecule has 0 aliphatic carbocycles. The van der Waals surface area contributed by atoms with E-state index in [2.05, 4.69) is 20.5 Å². The molecule has 168 valence electrons. The Balaban J connectivity index is 1.57. The predicted molar refractivity (Wildman–Crippen MR) is 119 cm³/mol. The molecular weight excluding hydrogens is 421 g/mol. The third-order valence-electron chi connectivity index (χ3n) is 5.45. The Hall–Kier alpha value is -2.56. The van der Waals surface area contributed by atoms with E-state index in [1.165, 1.54) is 22.8 Å². The SMILES string of the molecule is Cc1ccc(NC(=O)Nc2cc(CN3CCC(N(C)S(C)(=O)=O)CC3)ccc2F)cn1. The number of likely N-dealkylation sites (tertiary alicyclic amines) is 1. The summed E-state index contributed by atoms with van der Waals surface area (Å²) in [4.78, 5) is 18.5. The van der Waals surface area contributed by atoms with Crippen molar-refractivity contribution in [1.82, 2.24) is 14.2 Å². The van der Waals surface area contributed by atoms with Crippen molar-refractivity contribution in [1.29, 1.82) is 0 Å². The monoisotopic (exact) mass is 449 g/mol. The predicted octanol–water partition coefficient (Wildman–Crippen LogP) is 3.03. The van der Waals surface area contributed by atoms with Crippen molar-refractivity contribution < 1.29 is 17.6 Å². The molecule has 0 spiro atoms. The molecule has 10 heteroatoms. The van der Waals surface area contributed by atoms with Gasteiger partial charge in [-0.15, -0.1) is 0 Å². The number of sulfonamides is 1. The lowest BCUT2D eigenvalue weighted by molar-refractivity contribution is 0.164. The molecule has 2 heterocycles. The quantitative estimate of drug-likeness (QED) is 0.707. The fourth-order valence-electron chi connectivity index (χ4n) is 3.56. The van der Waals surface area contributed by atoms with Crippen LogP contribution in [0, 0.1) is 12.7 Å². The summed E-state index contributed by atoms with van der Waals surface area (Å²) in [5.41, 5.74) is 2.31. The van der Waals surface area contributed by atoms with E-state index in [0.717, 1.165) is 37.2 Å². The van der Waals surface area contributed by atoms with Gasteiger partial charge in [0.1, 0.15) is 5.82 Å². The summed E-state index contributed by atoms with van der Waals surface area (Å²) in [5, 5.41) is 5.17. The Kier molecular flexibility index (Phi) is 7.24. The molecule has 1 saturated heterocycles. The zero-order valence-corrected chi connectivity index (χ0v) is 18.7. The molecule has 31 heavy (non-hydrogen) atoms. The van der Waals surface area contributed by atoms with E-state index in [1.54, 1.807) is 31.3 Å². The number of carbonyl (C=O) groups excluding carboxylic acids is 1. The Morgan fingerprint density at radius 2 is 1.94 bits per heavy atom. The van der Waals surface area contributed by atoms with Crippen LogP contribution in [0.1, 0.15) is 24.1 Å². The maximum absolute atomic E-state index is 14.2. The van der Waals surface area contributed by atoms with Gasteiger partial charge < -0.3 is 10.6 Å². The molecule has 0 radical (unpaired) electrons. The number of urea groups is 1. The second-order valence-corrected chi connectivity index (χ2v) is 9.91. The maximum atomic E-state index is 14.2. The first kappa shape index (κ1) is 23.1. The number of piperidine rings is 1. The first-order valence-corrected chi connectivity index (χ1v) is 11.9. The molecule has 0 unspecified atom stereocenters. The lowest BCUT2D eigenvalue weighted by Gasteiger charge is -2.35. The number of aromatic nitrogens is 1. The largest absolute Gasteiger partial charge is 0.323 e. The van der Waals surface area contributed by atoms with Crippen LogP contribution in [-0.2, 0) is 16.6 Å². The summed E-state index contributed by atoms with van der Waals surface area (Å²) in [6.45, 7) is 3.92. The average Bonchev–Trinajstić information content (AvgIpc) is 2.71. The maximum Gasteiger partial charge on any atom is 0.323 e. The van der Waals surface area contributed by atoms with Crippen LogP contribution < -0.4 is 10.6 Å². The van der Waals surface area contributed by atoms with Crippen LogP contribution in [0.3, 0.4) is 0 Å². The molecule has 2 N–H and O–H groups in total. The third kappa shape index (κ3) is 6.46. The molecular formula is C21H28FN5O3S. The third-order valence-corrected chi connectivity index (χ3v) is 6.79. The number of benzene rings is 1. The van der Waals surface area contributed by atoms with Crippen LogP contribution in [0.4, 0.5) is 20.6 Å². The Morgan fingerprint density at radius 1 is 1.23 bits per heavy atom. The van der Waals surface area contributed by atoms with Crippen LogP contribution in [0.15, 0.2) is 36.5 Å². The molecule has 0 saturated carbocycles. The standard InChI is InChI=1S/C21H28FN5O3S/c1-15-4-6-17(13-23-15)24-21(28)25-20-12-16(5-7-19(20)22)14-27-10-8-18(9-11-27)26(2)31(3,29)30/h4-7,12-13,18H,8-11,14H2,1-3H3,(H2,24,25,28). The lowest BCUT2D eigenvalue weighted by atomic mass is 10.0. The molecule has 2 amide bonds. The van der Waals surface area contributed by atoms with E-state index in [0.29, 0.717) is 12.2 Å². The number of amides is 2. The van der Waals surface area contributed by atoms with Crippen LogP contribution in [0.2, 0.25) is 0 Å². The number of hydrogen-bond donors (Lipinski definition) is 2. The number of halogens is 1. The Morgan fingerprint density at radius 3 is 2.55 bits per heavy atom. The van der Waals surface area contributed by atoms with Gasteiger partial charge in [0.2, 0.25) is 10.0 Å². The number of rotatable bonds is 6. The Bertz CT molecular complexity index is 1020. The van der Waals surface area contributed by atoms with E-state index >= 15 is 0 Å². The smallest absolute Gasteiger partial charge is 0.306 e. The highest BCUT2D eigenvalue weighted by Crippen LogP contribution is 2.22. The zero-order valence-electron chi connectivity index (χ0n) is 17.9. The summed E-state index contributed by atoms with van der Waals surface area (Å²) in [5.74, 6) is -0.519. The summed E-state index contributed by atoms with van der Waals surface area (Å²) < 4.78 is 39.1. The number of carbonyl (C=O) groups is 1. The van der Waals surface area contributed by atoms with E-state index in [-0.39, 0.29) is 11.7 Å². The molecule has 1 aliphatic rings. The van der Waals surface area contributed by atoms with Crippen molar-refractivity contribution in [3.63, 3.8) is 0 Å². The lowest BCUT2D eigenvalue weighted by Crippen LogP contribution is -2.44. The van der Waals surface area contributed by atoms with Gasteiger partial charge in [-0.05, 0) is 49.6 Å². The van der Waals surface area contributed by atoms with Gasteiger partial charge in [-0.25, -0.2) is 21.9 Å². The van der Waals surface area contributed by atoms with Crippen LogP contribution in [-0.4, -0.2) is 61.1 Å². The van der Waals surface area contributed by atoms with Crippen molar-refractivity contribution in [3.05, 3.63) is 53.6 Å². The number of nitrogens with one attached hydrogen (secondary N) is 2. The topological polar surface area (TPSA) is 94.6 Å². The number of pyridine rings is 1. The summed E-state index contributed by atoms with van der Waals surface area (Å²) in [6.07, 6.45) is 4.23. The van der Waals surface area contributed by atoms with Gasteiger partial charge >= 0.3 is 6.03 Å². The van der Waals surface area contributed by atoms with Crippen molar-refractivity contribution in [2.45, 2.75) is 32.4 Å². The van der Waals surface area contributed by atoms with E-state index in [9.17, 15) is 17.6 Å². The minimum atomic E-state index is -3.20. The molecule has 3 rings (SSSR count). The van der Waals surface area contributed by atoms with Crippen LogP contribution in [0.5, 0.6) is 0 Å². The fourth-order valence-corrected chi connectivity index (χ4v) is 4.32. The number of anilines is 2. The van der Waals surface area contributed by atoms with Crippen LogP contribution in [0.25, 0.3) is 0 Å². The summed E-state index contributed by atoms with van der Waals surface area (Å²) in [6, 6.07) is 7.59. The summed E-state index contributed by atoms with van der Waals surface area (Å²) in [7, 11) is -1.59. The highest BCUT2D eigenvalue weighted by atomic mass is 32.2. The number of hydrogen-bond acceptors (Lipinski definition) is 5. The van der Waals surface area contributed by atoms with Crippen molar-refractivity contribution in [2.75, 3.05) is 37.0 Å². The van der Waals surface area contributed by atoms with E-state index in [1.807, 2.05) is 6.92 Å². The number of aryl methyl sites for hydroxylation is 1. The van der Waals surface area contributed by atoms with Crippen molar-refractivity contribution in [3.8, 4) is 0 Å². The molecule has 1 aromatic heterocycles. The summed E-state index contributed by atoms with van der Waals surface area (Å²) >= 11 is 0. The highest BCUT2D eigenvalue weighted by Gasteiger charge is 2.27. The van der Waals surface area contributed by atoms with Crippen LogP contribution >= 0.6 is 0 Å². The molecule has 1 fully saturated rings. The molecule has 0 bridgehead atoms. The zero-order chi connectivity index (χ0) is 22.6. The van der Waals surface area contributed by atoms with Crippen molar-refractivity contribution in [2.24, 2.45) is 0 Å². The highest BCUT2D eigenvalue weighted by molar-refractivity contribution is 7.88. The van der Waals surface area contributed by atoms with Gasteiger partial charge in [-0.3, -0.25) is 9.88 Å². The first-order chi connectivity index (χ1) is 14.6. The molecule has 8 nitrogen and oxygen atoms in total. The minimum absolute atomic E-state index is 0.00310. The first-order valence-electron chi connectivity index (χ1n) is 10.1. The van der Waals surface area contributed by atoms with Gasteiger partial charge in [-0.2, -0.15) is 0 Å². The second kappa shape index (κ2) is 9.71. The van der Waals surface area contributed by atoms with Crippen molar-refractivity contribution >= 4 is 27.4 Å². The Labute approximate surface area is 182 Å². The van der Waals surface area contributed by atoms with E-state index in [4.69, 9.17) is 0 Å². The molecule has 2 aromatic rings. The normalized spacial score (nSPS) is 15.8. The molecule has 0 atom stereocenters. The average molecular weight is 450 g/mol. The minimum Gasteiger partial charge on any atom is -0.306 e. The molecule has 1 aliphatic heterocycles. The van der Waals surface area contributed by atoms with Gasteiger partial charge in [0.05, 0.1) is 23.8 Å². The van der Waals surface area contributed by atoms with Gasteiger partial charge in [-0.1, -0.05) is 6.07 Å². The van der Waals surface area contributed by atoms with Gasteiger partial charge in [0, 0.05) is 38.4 Å². The van der Waals surface area contributed by atoms with E-state index < -0.39 is 21.9 Å². The number of nitrogens with zero attached hydrogens (tertiary/aromatic N) is 3. The molecule has 1 aromatic carbocycles.